The molecule has 0 aliphatic carbocycles. The molecular weight excluding hydrogens is 818 g/mol. The van der Waals surface area contributed by atoms with Gasteiger partial charge in [-0.3, -0.25) is 4.79 Å². The van der Waals surface area contributed by atoms with Crippen LogP contribution >= 0.6 is 0 Å². The smallest absolute Gasteiger partial charge is 0.220 e. The van der Waals surface area contributed by atoms with Crippen LogP contribution in [0.3, 0.4) is 0 Å². The lowest BCUT2D eigenvalue weighted by Crippen LogP contribution is -2.66. The predicted octanol–water partition coefficient (Wildman–Crippen LogP) is -0.699. The van der Waals surface area contributed by atoms with E-state index in [0.717, 1.165) is 38.5 Å². The van der Waals surface area contributed by atoms with Gasteiger partial charge in [-0.05, 0) is 32.1 Å². The van der Waals surface area contributed by atoms with Gasteiger partial charge >= 0.3 is 0 Å². The topological polar surface area (TPSA) is 307 Å². The fourth-order valence-electron chi connectivity index (χ4n) is 7.61. The second-order valence-corrected chi connectivity index (χ2v) is 16.5. The highest BCUT2D eigenvalue weighted by Gasteiger charge is 2.53. The van der Waals surface area contributed by atoms with Gasteiger partial charge < -0.3 is 89.9 Å². The zero-order valence-corrected chi connectivity index (χ0v) is 36.3. The number of allylic oxidation sites excluding steroid dienone is 3. The number of amides is 1. The number of hydrogen-bond acceptors (Lipinski definition) is 18. The van der Waals surface area contributed by atoms with Gasteiger partial charge in [-0.1, -0.05) is 95.9 Å². The summed E-state index contributed by atoms with van der Waals surface area (Å²) in [5.74, 6) is -0.308. The fourth-order valence-corrected chi connectivity index (χ4v) is 7.61. The Bertz CT molecular complexity index is 1260. The lowest BCUT2D eigenvalue weighted by molar-refractivity contribution is -0.379. The summed E-state index contributed by atoms with van der Waals surface area (Å²) in [5, 5.41) is 119. The zero-order valence-electron chi connectivity index (χ0n) is 36.3. The number of nitrogens with one attached hydrogen (secondary N) is 1. The van der Waals surface area contributed by atoms with Crippen LogP contribution in [-0.4, -0.2) is 193 Å². The maximum atomic E-state index is 12.9. The van der Waals surface area contributed by atoms with Crippen LogP contribution in [-0.2, 0) is 33.2 Å². The number of carbonyl (C=O) groups is 1. The van der Waals surface area contributed by atoms with Crippen LogP contribution in [0.5, 0.6) is 0 Å². The summed E-state index contributed by atoms with van der Waals surface area (Å²) < 4.78 is 33.8. The maximum absolute atomic E-state index is 12.9. The fraction of sp³-hybridized carbons (Fsp3) is 0.884. The Morgan fingerprint density at radius 3 is 1.61 bits per heavy atom. The molecule has 3 heterocycles. The normalized spacial score (nSPS) is 35.4. The second-order valence-electron chi connectivity index (χ2n) is 16.5. The number of aliphatic hydroxyl groups is 11. The van der Waals surface area contributed by atoms with Crippen molar-refractivity contribution in [3.05, 3.63) is 24.3 Å². The molecule has 362 valence electrons. The first-order valence-electron chi connectivity index (χ1n) is 22.6. The molecule has 3 aliphatic rings. The van der Waals surface area contributed by atoms with Crippen molar-refractivity contribution in [3.63, 3.8) is 0 Å². The summed E-state index contributed by atoms with van der Waals surface area (Å²) >= 11 is 0. The summed E-state index contributed by atoms with van der Waals surface area (Å²) in [6.45, 7) is 1.48. The molecule has 17 unspecified atom stereocenters. The second kappa shape index (κ2) is 29.7. The third kappa shape index (κ3) is 16.9. The van der Waals surface area contributed by atoms with Crippen molar-refractivity contribution < 1.29 is 89.4 Å². The van der Waals surface area contributed by atoms with E-state index in [4.69, 9.17) is 28.4 Å². The summed E-state index contributed by atoms with van der Waals surface area (Å²) in [6, 6.07) is -0.979. The van der Waals surface area contributed by atoms with Crippen molar-refractivity contribution in [2.45, 2.75) is 214 Å². The summed E-state index contributed by atoms with van der Waals surface area (Å²) in [7, 11) is 0. The molecule has 0 aromatic heterocycles. The van der Waals surface area contributed by atoms with E-state index < -0.39 is 124 Å². The Morgan fingerprint density at radius 1 is 0.565 bits per heavy atom. The van der Waals surface area contributed by atoms with Gasteiger partial charge in [-0.25, -0.2) is 0 Å². The summed E-state index contributed by atoms with van der Waals surface area (Å²) in [5.41, 5.74) is 0. The molecule has 3 saturated heterocycles. The van der Waals surface area contributed by atoms with E-state index in [9.17, 15) is 61.0 Å². The van der Waals surface area contributed by atoms with Gasteiger partial charge in [0.2, 0.25) is 5.91 Å². The van der Waals surface area contributed by atoms with Crippen molar-refractivity contribution in [1.82, 2.24) is 5.32 Å². The number of hydrogen-bond donors (Lipinski definition) is 12. The van der Waals surface area contributed by atoms with Gasteiger partial charge in [-0.15, -0.1) is 0 Å². The zero-order chi connectivity index (χ0) is 45.6. The van der Waals surface area contributed by atoms with Crippen LogP contribution in [0.4, 0.5) is 0 Å². The molecule has 19 nitrogen and oxygen atoms in total. The molecule has 62 heavy (non-hydrogen) atoms. The molecule has 0 bridgehead atoms. The lowest BCUT2D eigenvalue weighted by atomic mass is 9.96. The standard InChI is InChI=1S/C43H77NO18/c1-3-5-7-9-10-11-12-13-14-15-16-17-18-20-27(48)26(44-31(49)21-19-8-6-4-2)25-57-41-37(55)34(52)39(29(23-46)59-41)62-43-38(56)35(53)40(30(24-47)60-43)61-42-36(54)33(51)32(50)28(22-45)58-42/h14-15,18,20,26-30,32-43,45-48,50-56H,3-13,16-17,19,21-25H2,1-2H3,(H,44,49)/b15-14+,20-18+. The van der Waals surface area contributed by atoms with Crippen LogP contribution in [0.1, 0.15) is 110 Å². The van der Waals surface area contributed by atoms with Gasteiger partial charge in [0.25, 0.3) is 0 Å². The first-order valence-corrected chi connectivity index (χ1v) is 22.6. The first-order chi connectivity index (χ1) is 29.8. The van der Waals surface area contributed by atoms with Gasteiger partial charge in [0.15, 0.2) is 18.9 Å². The quantitative estimate of drug-likeness (QED) is 0.0326. The molecule has 0 radical (unpaired) electrons. The van der Waals surface area contributed by atoms with Crippen molar-refractivity contribution in [1.29, 1.82) is 0 Å². The average molecular weight is 896 g/mol. The largest absolute Gasteiger partial charge is 0.394 e. The number of carbonyl (C=O) groups excluding carboxylic acids is 1. The molecule has 0 aromatic carbocycles. The molecule has 12 N–H and O–H groups in total. The molecule has 0 saturated carbocycles. The van der Waals surface area contributed by atoms with E-state index >= 15 is 0 Å². The Hall–Kier alpha value is -1.73. The molecule has 17 atom stereocenters. The van der Waals surface area contributed by atoms with Crippen molar-refractivity contribution in [2.24, 2.45) is 0 Å². The van der Waals surface area contributed by atoms with E-state index in [2.05, 4.69) is 31.3 Å². The molecule has 3 rings (SSSR count). The van der Waals surface area contributed by atoms with Crippen LogP contribution in [0.2, 0.25) is 0 Å². The predicted molar refractivity (Wildman–Crippen MR) is 222 cm³/mol. The van der Waals surface area contributed by atoms with Crippen molar-refractivity contribution >= 4 is 5.91 Å². The van der Waals surface area contributed by atoms with Crippen LogP contribution in [0.15, 0.2) is 24.3 Å². The van der Waals surface area contributed by atoms with Gasteiger partial charge in [0.05, 0.1) is 38.6 Å². The maximum Gasteiger partial charge on any atom is 0.220 e. The Labute approximate surface area is 365 Å². The monoisotopic (exact) mass is 896 g/mol. The highest BCUT2D eigenvalue weighted by molar-refractivity contribution is 5.76. The Balaban J connectivity index is 1.59. The van der Waals surface area contributed by atoms with Crippen LogP contribution in [0, 0.1) is 0 Å². The van der Waals surface area contributed by atoms with Crippen molar-refractivity contribution in [2.75, 3.05) is 26.4 Å². The molecule has 1 amide bonds. The Morgan fingerprint density at radius 2 is 1.03 bits per heavy atom. The minimum Gasteiger partial charge on any atom is -0.394 e. The molecule has 3 aliphatic heterocycles. The van der Waals surface area contributed by atoms with Crippen LogP contribution < -0.4 is 5.32 Å². The van der Waals surface area contributed by atoms with Crippen LogP contribution in [0.25, 0.3) is 0 Å². The first kappa shape index (κ1) is 54.6. The van der Waals surface area contributed by atoms with E-state index in [1.165, 1.54) is 38.5 Å². The van der Waals surface area contributed by atoms with E-state index in [1.807, 2.05) is 6.08 Å². The minimum atomic E-state index is -1.97. The number of aliphatic hydroxyl groups excluding tert-OH is 11. The molecule has 19 heteroatoms. The number of unbranched alkanes of at least 4 members (excludes halogenated alkanes) is 11. The molecule has 3 fully saturated rings. The van der Waals surface area contributed by atoms with E-state index in [1.54, 1.807) is 6.08 Å². The van der Waals surface area contributed by atoms with E-state index in [-0.39, 0.29) is 18.9 Å². The Kier molecular flexibility index (Phi) is 26.2. The van der Waals surface area contributed by atoms with Gasteiger partial charge in [-0.2, -0.15) is 0 Å². The van der Waals surface area contributed by atoms with Crippen molar-refractivity contribution in [3.8, 4) is 0 Å². The summed E-state index contributed by atoms with van der Waals surface area (Å²) in [6.07, 6.45) is -4.25. The minimum absolute atomic E-state index is 0.227. The molecule has 0 spiro atoms. The third-order valence-electron chi connectivity index (χ3n) is 11.5. The number of ether oxygens (including phenoxy) is 6. The van der Waals surface area contributed by atoms with Gasteiger partial charge in [0.1, 0.15) is 73.2 Å². The average Bonchev–Trinajstić information content (AvgIpc) is 3.27. The van der Waals surface area contributed by atoms with E-state index in [0.29, 0.717) is 12.8 Å². The summed E-state index contributed by atoms with van der Waals surface area (Å²) in [4.78, 5) is 12.9. The molecule has 0 aromatic rings. The van der Waals surface area contributed by atoms with Gasteiger partial charge in [0, 0.05) is 6.42 Å². The SMILES string of the molecule is CCCCCCCCC/C=C/CC/C=C/C(O)C(COC1OC(CO)C(OC2OC(CO)C(OC3OC(CO)C(O)C(O)C3O)C(O)C2O)C(O)C1O)NC(=O)CCCCCC. The highest BCUT2D eigenvalue weighted by atomic mass is 16.8. The highest BCUT2D eigenvalue weighted by Crippen LogP contribution is 2.33. The lowest BCUT2D eigenvalue weighted by Gasteiger charge is -2.48. The number of rotatable bonds is 29. The third-order valence-corrected chi connectivity index (χ3v) is 11.5. The molecular formula is C43H77NO18.